The Morgan fingerprint density at radius 2 is 1.58 bits per heavy atom. The van der Waals surface area contributed by atoms with Gasteiger partial charge in [0.25, 0.3) is 0 Å². The summed E-state index contributed by atoms with van der Waals surface area (Å²) in [5.41, 5.74) is 9.67. The minimum Gasteiger partial charge on any atom is -0.107 e. The van der Waals surface area contributed by atoms with Crippen molar-refractivity contribution in [3.63, 3.8) is 0 Å². The van der Waals surface area contributed by atoms with E-state index in [0.717, 1.165) is 18.8 Å². The highest BCUT2D eigenvalue weighted by Gasteiger charge is 2.15. The highest BCUT2D eigenvalue weighted by Crippen LogP contribution is 2.34. The van der Waals surface area contributed by atoms with E-state index < -0.39 is 0 Å². The van der Waals surface area contributed by atoms with Crippen LogP contribution in [0.5, 0.6) is 0 Å². The molecule has 0 heterocycles. The molecule has 0 aliphatic heterocycles. The molecular formula is C30H45I. The van der Waals surface area contributed by atoms with Crippen molar-refractivity contribution in [2.45, 2.75) is 74.7 Å². The van der Waals surface area contributed by atoms with E-state index in [-0.39, 0.29) is 24.0 Å². The maximum atomic E-state index is 3.00. The van der Waals surface area contributed by atoms with Crippen molar-refractivity contribution in [1.29, 1.82) is 0 Å². The third-order valence-corrected chi connectivity index (χ3v) is 5.17. The number of fused-ring (bicyclic) bond motifs is 1. The summed E-state index contributed by atoms with van der Waals surface area (Å²) in [6, 6.07) is 11.2. The third-order valence-electron chi connectivity index (χ3n) is 5.17. The van der Waals surface area contributed by atoms with Crippen LogP contribution in [0.25, 0.3) is 23.3 Å². The van der Waals surface area contributed by atoms with E-state index in [1.807, 2.05) is 13.8 Å². The largest absolute Gasteiger partial charge is 0.107 e. The van der Waals surface area contributed by atoms with Crippen LogP contribution in [0.1, 0.15) is 82.2 Å². The van der Waals surface area contributed by atoms with E-state index in [4.69, 9.17) is 0 Å². The van der Waals surface area contributed by atoms with Gasteiger partial charge in [-0.1, -0.05) is 95.2 Å². The number of rotatable bonds is 3. The second-order valence-electron chi connectivity index (χ2n) is 7.64. The molecule has 0 radical (unpaired) electrons. The minimum atomic E-state index is 0. The molecular weight excluding hydrogens is 487 g/mol. The van der Waals surface area contributed by atoms with Crippen molar-refractivity contribution < 1.29 is 0 Å². The van der Waals surface area contributed by atoms with Gasteiger partial charge in [0.15, 0.2) is 0 Å². The molecule has 0 fully saturated rings. The lowest BCUT2D eigenvalue weighted by Crippen LogP contribution is -2.01. The molecule has 0 bridgehead atoms. The van der Waals surface area contributed by atoms with E-state index in [0.29, 0.717) is 0 Å². The fourth-order valence-corrected chi connectivity index (χ4v) is 3.17. The highest BCUT2D eigenvalue weighted by molar-refractivity contribution is 14.0. The lowest BCUT2D eigenvalue weighted by Gasteiger charge is -2.20. The summed E-state index contributed by atoms with van der Waals surface area (Å²) in [6.45, 7) is 23.1. The number of benzene rings is 2. The molecule has 0 nitrogen and oxygen atoms in total. The zero-order chi connectivity index (χ0) is 23.1. The van der Waals surface area contributed by atoms with Crippen molar-refractivity contribution in [3.8, 4) is 11.1 Å². The van der Waals surface area contributed by atoms with Crippen molar-refractivity contribution in [1.82, 2.24) is 0 Å². The Hall–Kier alpha value is -1.61. The fraction of sp³-hybridized carbons (Fsp3) is 0.400. The molecule has 0 amide bonds. The Morgan fingerprint density at radius 3 is 2.06 bits per heavy atom. The van der Waals surface area contributed by atoms with Gasteiger partial charge in [-0.3, -0.25) is 0 Å². The predicted octanol–water partition coefficient (Wildman–Crippen LogP) is 10.5. The monoisotopic (exact) mass is 532 g/mol. The van der Waals surface area contributed by atoms with E-state index in [2.05, 4.69) is 109 Å². The lowest BCUT2D eigenvalue weighted by atomic mass is 9.85. The summed E-state index contributed by atoms with van der Waals surface area (Å²) < 4.78 is 0. The molecule has 0 saturated carbocycles. The number of hydrogen-bond donors (Lipinski definition) is 0. The number of aryl methyl sites for hydroxylation is 1. The quantitative estimate of drug-likeness (QED) is 0.272. The van der Waals surface area contributed by atoms with Crippen molar-refractivity contribution in [3.05, 3.63) is 83.5 Å². The summed E-state index contributed by atoms with van der Waals surface area (Å²) >= 11 is 0. The van der Waals surface area contributed by atoms with E-state index >= 15 is 0 Å². The van der Waals surface area contributed by atoms with Gasteiger partial charge >= 0.3 is 0 Å². The maximum absolute atomic E-state index is 3.00. The Morgan fingerprint density at radius 1 is 1.03 bits per heavy atom. The first-order valence-corrected chi connectivity index (χ1v) is 11.5. The van der Waals surface area contributed by atoms with Crippen LogP contribution in [0.4, 0.5) is 0 Å². The van der Waals surface area contributed by atoms with E-state index in [1.165, 1.54) is 45.4 Å². The van der Waals surface area contributed by atoms with Gasteiger partial charge in [0.2, 0.25) is 0 Å². The van der Waals surface area contributed by atoms with Gasteiger partial charge in [-0.15, -0.1) is 37.1 Å². The Labute approximate surface area is 210 Å². The third kappa shape index (κ3) is 10.0. The zero-order valence-electron chi connectivity index (χ0n) is 21.2. The molecule has 0 atom stereocenters. The van der Waals surface area contributed by atoms with Crippen LogP contribution in [0.15, 0.2) is 55.6 Å². The van der Waals surface area contributed by atoms with Gasteiger partial charge in [0.1, 0.15) is 0 Å². The maximum Gasteiger partial charge on any atom is -0.0103 e. The van der Waals surface area contributed by atoms with Gasteiger partial charge in [-0.05, 0) is 79.0 Å². The Kier molecular flexibility index (Phi) is 18.3. The van der Waals surface area contributed by atoms with Crippen molar-refractivity contribution >= 4 is 36.1 Å². The minimum absolute atomic E-state index is 0. The van der Waals surface area contributed by atoms with E-state index in [1.54, 1.807) is 0 Å². The topological polar surface area (TPSA) is 0 Å². The number of hydrogen-bond acceptors (Lipinski definition) is 0. The van der Waals surface area contributed by atoms with Crippen molar-refractivity contribution in [2.75, 3.05) is 0 Å². The molecule has 1 aliphatic rings. The molecule has 172 valence electrons. The normalized spacial score (nSPS) is 11.1. The average Bonchev–Trinajstić information content (AvgIpc) is 2.79. The van der Waals surface area contributed by atoms with E-state index in [9.17, 15) is 0 Å². The standard InChI is InChI=1S/C21H22.C5H12.C2H6.C2H4.HI/c1-4-7-20-16(3)19-9-6-5-8-18(19)14-21(20)17-12-10-15(2)11-13-17;1-4-5(2)3;2*1-2;/h4-5,7-8,10-14H,6,9H2,1-3H3;5H,4H2,1-3H3;1-2H3;1-2H2;1H/b7-4-;;;;. The molecule has 3 rings (SSSR count). The molecule has 0 N–H and O–H groups in total. The summed E-state index contributed by atoms with van der Waals surface area (Å²) in [6.07, 6.45) is 12.6. The Bertz CT molecular complexity index is 792. The first-order valence-electron chi connectivity index (χ1n) is 11.5. The van der Waals surface area contributed by atoms with Crippen LogP contribution in [-0.4, -0.2) is 0 Å². The van der Waals surface area contributed by atoms with Gasteiger partial charge in [-0.25, -0.2) is 0 Å². The van der Waals surface area contributed by atoms with Gasteiger partial charge in [-0.2, -0.15) is 0 Å². The summed E-state index contributed by atoms with van der Waals surface area (Å²) in [7, 11) is 0. The van der Waals surface area contributed by atoms with Crippen LogP contribution >= 0.6 is 24.0 Å². The van der Waals surface area contributed by atoms with Crippen LogP contribution < -0.4 is 0 Å². The first kappa shape index (κ1) is 31.6. The molecule has 0 spiro atoms. The lowest BCUT2D eigenvalue weighted by molar-refractivity contribution is 0.626. The van der Waals surface area contributed by atoms with Crippen LogP contribution in [-0.2, 0) is 6.42 Å². The Balaban J connectivity index is 0. The predicted molar refractivity (Wildman–Crippen MR) is 157 cm³/mol. The van der Waals surface area contributed by atoms with Crippen molar-refractivity contribution in [2.24, 2.45) is 5.92 Å². The second kappa shape index (κ2) is 18.0. The molecule has 31 heavy (non-hydrogen) atoms. The van der Waals surface area contributed by atoms with Gasteiger partial charge < -0.3 is 0 Å². The highest BCUT2D eigenvalue weighted by atomic mass is 127. The number of allylic oxidation sites excluding steroid dienone is 2. The summed E-state index contributed by atoms with van der Waals surface area (Å²) in [4.78, 5) is 0. The molecule has 1 heteroatoms. The SMILES string of the molecule is C/C=C\c1c(-c2ccc(C)cc2)cc2c(c1C)CCC=C2.C=C.CC.CCC(C)C.I. The zero-order valence-corrected chi connectivity index (χ0v) is 23.5. The summed E-state index contributed by atoms with van der Waals surface area (Å²) in [5, 5.41) is 0. The van der Waals surface area contributed by atoms with Gasteiger partial charge in [0, 0.05) is 0 Å². The molecule has 0 aromatic heterocycles. The second-order valence-corrected chi connectivity index (χ2v) is 7.64. The molecule has 0 unspecified atom stereocenters. The smallest absolute Gasteiger partial charge is 0.0103 e. The first-order chi connectivity index (χ1) is 14.5. The molecule has 2 aromatic rings. The van der Waals surface area contributed by atoms with Crippen LogP contribution in [0, 0.1) is 19.8 Å². The average molecular weight is 533 g/mol. The van der Waals surface area contributed by atoms with Crippen LogP contribution in [0.3, 0.4) is 0 Å². The summed E-state index contributed by atoms with van der Waals surface area (Å²) in [5.74, 6) is 0.884. The van der Waals surface area contributed by atoms with Gasteiger partial charge in [0.05, 0.1) is 0 Å². The molecule has 1 aliphatic carbocycles. The van der Waals surface area contributed by atoms with Crippen LogP contribution in [0.2, 0.25) is 0 Å². The number of halogens is 1. The molecule has 0 saturated heterocycles. The fourth-order valence-electron chi connectivity index (χ4n) is 3.17. The molecule has 2 aromatic carbocycles.